The Morgan fingerprint density at radius 3 is 2.73 bits per heavy atom. The van der Waals surface area contributed by atoms with E-state index >= 15 is 0 Å². The maximum Gasteiger partial charge on any atom is 0.338 e. The van der Waals surface area contributed by atoms with Gasteiger partial charge in [-0.05, 0) is 37.1 Å². The number of rotatable bonds is 4. The number of phenolic OH excluding ortho intramolecular Hbond substituents is 1. The molecule has 0 fully saturated rings. The summed E-state index contributed by atoms with van der Waals surface area (Å²) in [6.45, 7) is 4.71. The molecule has 0 aromatic heterocycles. The van der Waals surface area contributed by atoms with E-state index in [9.17, 15) is 9.90 Å². The summed E-state index contributed by atoms with van der Waals surface area (Å²) in [6, 6.07) is 9.04. The van der Waals surface area contributed by atoms with Crippen LogP contribution in [0.4, 0.5) is 0 Å². The minimum absolute atomic E-state index is 0.203. The van der Waals surface area contributed by atoms with Gasteiger partial charge in [-0.3, -0.25) is 0 Å². The quantitative estimate of drug-likeness (QED) is 0.872. The van der Waals surface area contributed by atoms with Gasteiger partial charge < -0.3 is 14.6 Å². The van der Waals surface area contributed by atoms with Crippen molar-refractivity contribution in [3.63, 3.8) is 0 Å². The molecule has 4 heteroatoms. The molecule has 0 atom stereocenters. The summed E-state index contributed by atoms with van der Waals surface area (Å²) in [7, 11) is 0. The van der Waals surface area contributed by atoms with Crippen molar-refractivity contribution in [2.24, 2.45) is 0 Å². The molecule has 0 aliphatic carbocycles. The van der Waals surface area contributed by atoms with Gasteiger partial charge in [-0.25, -0.2) is 4.79 Å². The number of aromatic hydroxyl groups is 1. The summed E-state index contributed by atoms with van der Waals surface area (Å²) in [5, 5.41) is 9.95. The minimum Gasteiger partial charge on any atom is -0.508 e. The molecule has 1 aliphatic rings. The van der Waals surface area contributed by atoms with Crippen molar-refractivity contribution in [1.82, 2.24) is 0 Å². The monoisotopic (exact) mass is 298 g/mol. The van der Waals surface area contributed by atoms with E-state index in [0.717, 1.165) is 23.1 Å². The fourth-order valence-electron chi connectivity index (χ4n) is 2.68. The summed E-state index contributed by atoms with van der Waals surface area (Å²) in [5.74, 6) is 0.577. The van der Waals surface area contributed by atoms with E-state index in [1.807, 2.05) is 32.0 Å². The summed E-state index contributed by atoms with van der Waals surface area (Å²) < 4.78 is 11.0. The van der Waals surface area contributed by atoms with E-state index in [0.29, 0.717) is 23.5 Å². The molecule has 1 heterocycles. The summed E-state index contributed by atoms with van der Waals surface area (Å²) >= 11 is 0. The number of ether oxygens (including phenoxy) is 2. The first kappa shape index (κ1) is 14.4. The van der Waals surface area contributed by atoms with E-state index in [4.69, 9.17) is 9.47 Å². The number of cyclic esters (lactones) is 1. The molecule has 0 saturated heterocycles. The lowest BCUT2D eigenvalue weighted by molar-refractivity contribution is 0.0535. The smallest absolute Gasteiger partial charge is 0.338 e. The topological polar surface area (TPSA) is 55.8 Å². The van der Waals surface area contributed by atoms with Crippen LogP contribution in [-0.4, -0.2) is 17.7 Å². The van der Waals surface area contributed by atoms with Crippen LogP contribution in [-0.2, 0) is 11.3 Å². The number of hydrogen-bond donors (Lipinski definition) is 1. The second-order valence-corrected chi connectivity index (χ2v) is 5.34. The van der Waals surface area contributed by atoms with Crippen LogP contribution < -0.4 is 4.74 Å². The third-order valence-electron chi connectivity index (χ3n) is 3.86. The highest BCUT2D eigenvalue weighted by Gasteiger charge is 2.25. The van der Waals surface area contributed by atoms with Crippen LogP contribution in [0, 0.1) is 6.92 Å². The highest BCUT2D eigenvalue weighted by Crippen LogP contribution is 2.41. The molecule has 0 saturated carbocycles. The molecular formula is C18H18O4. The Bertz CT molecular complexity index is 734. The number of fused-ring (bicyclic) bond motifs is 1. The molecule has 114 valence electrons. The molecule has 0 unspecified atom stereocenters. The molecule has 0 spiro atoms. The van der Waals surface area contributed by atoms with Crippen molar-refractivity contribution in [3.8, 4) is 22.6 Å². The van der Waals surface area contributed by atoms with Crippen molar-refractivity contribution in [1.29, 1.82) is 0 Å². The fraction of sp³-hybridized carbons (Fsp3) is 0.278. The van der Waals surface area contributed by atoms with Gasteiger partial charge in [-0.2, -0.15) is 0 Å². The maximum atomic E-state index is 11.7. The van der Waals surface area contributed by atoms with E-state index in [1.54, 1.807) is 12.1 Å². The molecule has 1 aliphatic heterocycles. The Labute approximate surface area is 129 Å². The number of benzene rings is 2. The Morgan fingerprint density at radius 2 is 1.95 bits per heavy atom. The standard InChI is InChI=1S/C18H18O4/c1-3-9-21-17-11(2)16(19)8-7-13(17)12-5-4-6-14-15(12)10-22-18(14)20/h4-8,19H,3,9-10H2,1-2H3. The van der Waals surface area contributed by atoms with Crippen molar-refractivity contribution < 1.29 is 19.4 Å². The van der Waals surface area contributed by atoms with Crippen LogP contribution in [0.2, 0.25) is 0 Å². The molecule has 22 heavy (non-hydrogen) atoms. The van der Waals surface area contributed by atoms with Gasteiger partial charge in [-0.15, -0.1) is 0 Å². The van der Waals surface area contributed by atoms with E-state index in [1.165, 1.54) is 0 Å². The van der Waals surface area contributed by atoms with Gasteiger partial charge in [-0.1, -0.05) is 19.1 Å². The number of esters is 1. The molecule has 3 rings (SSSR count). The zero-order chi connectivity index (χ0) is 15.7. The van der Waals surface area contributed by atoms with Crippen molar-refractivity contribution in [3.05, 3.63) is 47.0 Å². The largest absolute Gasteiger partial charge is 0.508 e. The molecule has 2 aromatic rings. The first-order chi connectivity index (χ1) is 10.6. The van der Waals surface area contributed by atoms with Gasteiger partial charge >= 0.3 is 5.97 Å². The number of phenols is 1. The average Bonchev–Trinajstić information content (AvgIpc) is 2.90. The predicted molar refractivity (Wildman–Crippen MR) is 83.2 cm³/mol. The van der Waals surface area contributed by atoms with Gasteiger partial charge in [0.05, 0.1) is 12.2 Å². The van der Waals surface area contributed by atoms with E-state index < -0.39 is 0 Å². The molecular weight excluding hydrogens is 280 g/mol. The first-order valence-corrected chi connectivity index (χ1v) is 7.38. The van der Waals surface area contributed by atoms with E-state index in [2.05, 4.69) is 0 Å². The Hall–Kier alpha value is -2.49. The number of carbonyl (C=O) groups is 1. The van der Waals surface area contributed by atoms with Crippen LogP contribution in [0.5, 0.6) is 11.5 Å². The van der Waals surface area contributed by atoms with E-state index in [-0.39, 0.29) is 18.3 Å². The van der Waals surface area contributed by atoms with Crippen LogP contribution in [0.3, 0.4) is 0 Å². The lowest BCUT2D eigenvalue weighted by atomic mass is 9.94. The van der Waals surface area contributed by atoms with Crippen LogP contribution in [0.1, 0.15) is 34.8 Å². The lowest BCUT2D eigenvalue weighted by Gasteiger charge is -2.16. The molecule has 2 aromatic carbocycles. The highest BCUT2D eigenvalue weighted by molar-refractivity contribution is 5.96. The molecule has 1 N–H and O–H groups in total. The van der Waals surface area contributed by atoms with Gasteiger partial charge in [0.25, 0.3) is 0 Å². The zero-order valence-corrected chi connectivity index (χ0v) is 12.7. The summed E-state index contributed by atoms with van der Waals surface area (Å²) in [6.07, 6.45) is 0.878. The third kappa shape index (κ3) is 2.30. The van der Waals surface area contributed by atoms with Crippen LogP contribution in [0.15, 0.2) is 30.3 Å². The third-order valence-corrected chi connectivity index (χ3v) is 3.86. The first-order valence-electron chi connectivity index (χ1n) is 7.38. The Morgan fingerprint density at radius 1 is 1.18 bits per heavy atom. The van der Waals surface area contributed by atoms with Crippen LogP contribution in [0.25, 0.3) is 11.1 Å². The average molecular weight is 298 g/mol. The molecule has 0 radical (unpaired) electrons. The SMILES string of the molecule is CCCOc1c(-c2cccc3c2COC3=O)ccc(O)c1C. The lowest BCUT2D eigenvalue weighted by Crippen LogP contribution is -2.01. The van der Waals surface area contributed by atoms with Gasteiger partial charge in [0.1, 0.15) is 18.1 Å². The summed E-state index contributed by atoms with van der Waals surface area (Å²) in [5.41, 5.74) is 3.97. The van der Waals surface area contributed by atoms with Gasteiger partial charge in [0.2, 0.25) is 0 Å². The fourth-order valence-corrected chi connectivity index (χ4v) is 2.68. The summed E-state index contributed by atoms with van der Waals surface area (Å²) in [4.78, 5) is 11.7. The second-order valence-electron chi connectivity index (χ2n) is 5.34. The Balaban J connectivity index is 2.17. The minimum atomic E-state index is -0.289. The molecule has 0 amide bonds. The highest BCUT2D eigenvalue weighted by atomic mass is 16.5. The maximum absolute atomic E-state index is 11.7. The number of carbonyl (C=O) groups excluding carboxylic acids is 1. The molecule has 4 nitrogen and oxygen atoms in total. The van der Waals surface area contributed by atoms with Crippen molar-refractivity contribution in [2.75, 3.05) is 6.61 Å². The molecule has 0 bridgehead atoms. The number of hydrogen-bond acceptors (Lipinski definition) is 4. The van der Waals surface area contributed by atoms with Crippen LogP contribution >= 0.6 is 0 Å². The van der Waals surface area contributed by atoms with Crippen molar-refractivity contribution >= 4 is 5.97 Å². The Kier molecular flexibility index (Phi) is 3.75. The van der Waals surface area contributed by atoms with Gasteiger partial charge in [0.15, 0.2) is 0 Å². The second kappa shape index (κ2) is 5.72. The zero-order valence-electron chi connectivity index (χ0n) is 12.7. The predicted octanol–water partition coefficient (Wildman–Crippen LogP) is 3.83. The van der Waals surface area contributed by atoms with Crippen molar-refractivity contribution in [2.45, 2.75) is 26.9 Å². The normalized spacial score (nSPS) is 12.9. The van der Waals surface area contributed by atoms with Gasteiger partial charge in [0, 0.05) is 16.7 Å².